The fraction of sp³-hybridized carbons (Fsp3) is 0.700. The van der Waals surface area contributed by atoms with Crippen LogP contribution in [0.2, 0.25) is 0 Å². The van der Waals surface area contributed by atoms with E-state index in [0.717, 1.165) is 38.2 Å². The Bertz CT molecular complexity index is 1080. The molecule has 3 fully saturated rings. The van der Waals surface area contributed by atoms with Crippen LogP contribution in [0.25, 0.3) is 0 Å². The lowest BCUT2D eigenvalue weighted by Crippen LogP contribution is -2.61. The maximum Gasteiger partial charge on any atom is 0.245 e. The predicted octanol–water partition coefficient (Wildman–Crippen LogP) is 4.34. The third-order valence-electron chi connectivity index (χ3n) is 8.92. The molecule has 1 saturated carbocycles. The molecule has 2 saturated heterocycles. The van der Waals surface area contributed by atoms with Crippen LogP contribution < -0.4 is 5.32 Å². The first-order valence-corrected chi connectivity index (χ1v) is 14.4. The summed E-state index contributed by atoms with van der Waals surface area (Å²) in [5, 5.41) is 2.91. The molecule has 0 aromatic heterocycles. The number of halogens is 3. The highest BCUT2D eigenvalue weighted by Gasteiger charge is 2.46. The maximum absolute atomic E-state index is 14.9. The Balaban J connectivity index is 0.00000441. The molecule has 1 aromatic rings. The third-order valence-corrected chi connectivity index (χ3v) is 8.92. The highest BCUT2D eigenvalue weighted by atomic mass is 35.5. The van der Waals surface area contributed by atoms with E-state index in [9.17, 15) is 23.2 Å². The van der Waals surface area contributed by atoms with Crippen molar-refractivity contribution in [3.8, 4) is 0 Å². The van der Waals surface area contributed by atoms with E-state index in [1.165, 1.54) is 19.1 Å². The summed E-state index contributed by atoms with van der Waals surface area (Å²) >= 11 is 0. The summed E-state index contributed by atoms with van der Waals surface area (Å²) < 4.78 is 28.5. The Hall–Kier alpha value is -2.26. The minimum absolute atomic E-state index is 0. The number of benzene rings is 1. The lowest BCUT2D eigenvalue weighted by Gasteiger charge is -2.43. The van der Waals surface area contributed by atoms with Crippen molar-refractivity contribution in [1.29, 1.82) is 0 Å². The maximum atomic E-state index is 14.9. The molecule has 4 rings (SSSR count). The van der Waals surface area contributed by atoms with Crippen LogP contribution >= 0.6 is 12.4 Å². The summed E-state index contributed by atoms with van der Waals surface area (Å²) in [6, 6.07) is 2.86. The molecule has 40 heavy (non-hydrogen) atoms. The average molecular weight is 583 g/mol. The molecule has 2 aliphatic heterocycles. The van der Waals surface area contributed by atoms with Crippen molar-refractivity contribution < 1.29 is 23.2 Å². The quantitative estimate of drug-likeness (QED) is 0.560. The third kappa shape index (κ3) is 7.14. The van der Waals surface area contributed by atoms with Gasteiger partial charge < -0.3 is 15.1 Å². The number of rotatable bonds is 5. The second-order valence-electron chi connectivity index (χ2n) is 12.7. The number of piperazine rings is 1. The van der Waals surface area contributed by atoms with E-state index in [1.807, 2.05) is 11.8 Å². The first-order chi connectivity index (χ1) is 18.4. The Morgan fingerprint density at radius 3 is 2.25 bits per heavy atom. The van der Waals surface area contributed by atoms with Crippen LogP contribution in [0.3, 0.4) is 0 Å². The van der Waals surface area contributed by atoms with Crippen LogP contribution in [0, 0.1) is 23.5 Å². The van der Waals surface area contributed by atoms with Gasteiger partial charge >= 0.3 is 0 Å². The van der Waals surface area contributed by atoms with Crippen LogP contribution in [0.4, 0.5) is 8.78 Å². The molecule has 0 unspecified atom stereocenters. The second-order valence-corrected chi connectivity index (χ2v) is 12.7. The van der Waals surface area contributed by atoms with Crippen molar-refractivity contribution in [2.24, 2.45) is 11.8 Å². The first kappa shape index (κ1) is 32.3. The van der Waals surface area contributed by atoms with E-state index >= 15 is 0 Å². The van der Waals surface area contributed by atoms with Gasteiger partial charge in [-0.25, -0.2) is 8.78 Å². The molecule has 4 atom stereocenters. The lowest BCUT2D eigenvalue weighted by atomic mass is 9.83. The molecule has 2 heterocycles. The van der Waals surface area contributed by atoms with E-state index in [1.54, 1.807) is 4.90 Å². The van der Waals surface area contributed by atoms with Gasteiger partial charge in [0.1, 0.15) is 17.7 Å². The fourth-order valence-corrected chi connectivity index (χ4v) is 6.68. The van der Waals surface area contributed by atoms with Gasteiger partial charge in [0.05, 0.1) is 5.92 Å². The summed E-state index contributed by atoms with van der Waals surface area (Å²) in [5.74, 6) is -2.30. The molecule has 0 bridgehead atoms. The van der Waals surface area contributed by atoms with Crippen molar-refractivity contribution in [3.63, 3.8) is 0 Å². The van der Waals surface area contributed by atoms with Crippen LogP contribution in [0.15, 0.2) is 18.2 Å². The van der Waals surface area contributed by atoms with Gasteiger partial charge in [-0.05, 0) is 58.1 Å². The van der Waals surface area contributed by atoms with Crippen molar-refractivity contribution in [2.45, 2.75) is 90.3 Å². The second kappa shape index (κ2) is 13.1. The number of amides is 3. The SMILES string of the molecule is CC(=O)N[C@H](C(=O)N1CCN(C(=O)[C@@H]2CN(C(C)(C)C)C[C@H]2c2ccc(F)cc2F)[C@@H](C)C1)C1CCCCC1.Cl. The van der Waals surface area contributed by atoms with Gasteiger partial charge in [0.15, 0.2) is 0 Å². The standard InChI is InChI=1S/C30H44F2N4O3.ClH/c1-19-16-34(29(39)27(33-20(2)37)21-9-7-6-8-10-21)13-14-36(19)28(38)25-18-35(30(3,4)5)17-24(25)23-12-11-22(31)15-26(23)32;/h11-12,15,19,21,24-25,27H,6-10,13-14,16-18H2,1-5H3,(H,33,37);1H/t19-,24-,25+,27-;/m0./s1. The summed E-state index contributed by atoms with van der Waals surface area (Å²) in [5.41, 5.74) is 0.159. The van der Waals surface area contributed by atoms with Gasteiger partial charge in [-0.1, -0.05) is 25.3 Å². The summed E-state index contributed by atoms with van der Waals surface area (Å²) in [6.45, 7) is 11.8. The van der Waals surface area contributed by atoms with Crippen LogP contribution in [0.5, 0.6) is 0 Å². The van der Waals surface area contributed by atoms with E-state index in [0.29, 0.717) is 38.3 Å². The van der Waals surface area contributed by atoms with E-state index in [2.05, 4.69) is 31.0 Å². The van der Waals surface area contributed by atoms with Crippen molar-refractivity contribution in [2.75, 3.05) is 32.7 Å². The first-order valence-electron chi connectivity index (χ1n) is 14.4. The van der Waals surface area contributed by atoms with E-state index < -0.39 is 23.6 Å². The summed E-state index contributed by atoms with van der Waals surface area (Å²) in [4.78, 5) is 45.3. The Morgan fingerprint density at radius 2 is 1.68 bits per heavy atom. The zero-order valence-electron chi connectivity index (χ0n) is 24.4. The molecular formula is C30H45ClF2N4O3. The number of likely N-dealkylation sites (tertiary alicyclic amines) is 1. The highest BCUT2D eigenvalue weighted by Crippen LogP contribution is 2.39. The molecule has 0 radical (unpaired) electrons. The van der Waals surface area contributed by atoms with Crippen molar-refractivity contribution in [3.05, 3.63) is 35.4 Å². The number of nitrogens with zero attached hydrogens (tertiary/aromatic N) is 3. The van der Waals surface area contributed by atoms with Gasteiger partial charge in [0, 0.05) is 63.2 Å². The van der Waals surface area contributed by atoms with E-state index in [4.69, 9.17) is 0 Å². The smallest absolute Gasteiger partial charge is 0.245 e. The van der Waals surface area contributed by atoms with Gasteiger partial charge in [0.25, 0.3) is 0 Å². The lowest BCUT2D eigenvalue weighted by molar-refractivity contribution is -0.147. The molecule has 1 N–H and O–H groups in total. The predicted molar refractivity (Wildman–Crippen MR) is 153 cm³/mol. The zero-order chi connectivity index (χ0) is 28.5. The van der Waals surface area contributed by atoms with Gasteiger partial charge in [-0.15, -0.1) is 12.4 Å². The molecule has 1 aliphatic carbocycles. The van der Waals surface area contributed by atoms with Gasteiger partial charge in [-0.3, -0.25) is 19.3 Å². The zero-order valence-corrected chi connectivity index (χ0v) is 25.2. The normalized spacial score (nSPS) is 25.3. The fourth-order valence-electron chi connectivity index (χ4n) is 6.68. The molecule has 10 heteroatoms. The number of carbonyl (C=O) groups excluding carboxylic acids is 3. The van der Waals surface area contributed by atoms with Crippen molar-refractivity contribution in [1.82, 2.24) is 20.0 Å². The van der Waals surface area contributed by atoms with Crippen LogP contribution in [-0.2, 0) is 14.4 Å². The Labute approximate surface area is 243 Å². The summed E-state index contributed by atoms with van der Waals surface area (Å²) in [7, 11) is 0. The topological polar surface area (TPSA) is 73.0 Å². The minimum Gasteiger partial charge on any atom is -0.344 e. The molecule has 7 nitrogen and oxygen atoms in total. The number of nitrogens with one attached hydrogen (secondary N) is 1. The number of hydrogen-bond donors (Lipinski definition) is 1. The number of hydrogen-bond acceptors (Lipinski definition) is 4. The van der Waals surface area contributed by atoms with Crippen molar-refractivity contribution >= 4 is 30.1 Å². The molecule has 3 amide bonds. The Morgan fingerprint density at radius 1 is 1.00 bits per heavy atom. The molecule has 0 spiro atoms. The minimum atomic E-state index is -0.634. The highest BCUT2D eigenvalue weighted by molar-refractivity contribution is 5.88. The monoisotopic (exact) mass is 582 g/mol. The summed E-state index contributed by atoms with van der Waals surface area (Å²) in [6.07, 6.45) is 5.15. The molecular weight excluding hydrogens is 538 g/mol. The molecule has 1 aromatic carbocycles. The number of carbonyl (C=O) groups is 3. The molecule has 3 aliphatic rings. The van der Waals surface area contributed by atoms with Gasteiger partial charge in [0.2, 0.25) is 17.7 Å². The van der Waals surface area contributed by atoms with Gasteiger partial charge in [-0.2, -0.15) is 0 Å². The van der Waals surface area contributed by atoms with Crippen LogP contribution in [-0.4, -0.2) is 82.8 Å². The average Bonchev–Trinajstić information content (AvgIpc) is 3.33. The molecule has 224 valence electrons. The van der Waals surface area contributed by atoms with Crippen LogP contribution in [0.1, 0.15) is 78.2 Å². The van der Waals surface area contributed by atoms with E-state index in [-0.39, 0.29) is 53.5 Å². The largest absolute Gasteiger partial charge is 0.344 e. The Kier molecular flexibility index (Phi) is 10.6.